The molecule has 2 rings (SSSR count). The number of hydrazone groups is 1. The first-order valence-electron chi connectivity index (χ1n) is 8.33. The SMILES string of the molecule is CCC(=O)Nc1ccc(C(=O)N/N=C/c2ccc(C(C)C)cc2)cc1. The average Bonchev–Trinajstić information content (AvgIpc) is 2.62. The predicted octanol–water partition coefficient (Wildman–Crippen LogP) is 3.92. The second-order valence-corrected chi connectivity index (χ2v) is 6.00. The highest BCUT2D eigenvalue weighted by Gasteiger charge is 2.05. The Balaban J connectivity index is 1.92. The summed E-state index contributed by atoms with van der Waals surface area (Å²) in [6.45, 7) is 6.07. The van der Waals surface area contributed by atoms with E-state index in [4.69, 9.17) is 0 Å². The highest BCUT2D eigenvalue weighted by molar-refractivity contribution is 5.96. The molecule has 0 bridgehead atoms. The fourth-order valence-electron chi connectivity index (χ4n) is 2.15. The first-order chi connectivity index (χ1) is 12.0. The van der Waals surface area contributed by atoms with Crippen LogP contribution in [-0.4, -0.2) is 18.0 Å². The van der Waals surface area contributed by atoms with Gasteiger partial charge in [0.05, 0.1) is 6.21 Å². The van der Waals surface area contributed by atoms with Crippen molar-refractivity contribution in [3.8, 4) is 0 Å². The fraction of sp³-hybridized carbons (Fsp3) is 0.250. The molecule has 2 aromatic rings. The normalized spacial score (nSPS) is 10.9. The van der Waals surface area contributed by atoms with Gasteiger partial charge >= 0.3 is 0 Å². The van der Waals surface area contributed by atoms with E-state index in [9.17, 15) is 9.59 Å². The van der Waals surface area contributed by atoms with Crippen LogP contribution in [0.4, 0.5) is 5.69 Å². The minimum absolute atomic E-state index is 0.0645. The molecular formula is C20H23N3O2. The Morgan fingerprint density at radius 3 is 2.24 bits per heavy atom. The van der Waals surface area contributed by atoms with E-state index < -0.39 is 0 Å². The number of hydrogen-bond donors (Lipinski definition) is 2. The summed E-state index contributed by atoms with van der Waals surface area (Å²) in [4.78, 5) is 23.4. The zero-order chi connectivity index (χ0) is 18.2. The lowest BCUT2D eigenvalue weighted by atomic mass is 10.0. The van der Waals surface area contributed by atoms with Crippen molar-refractivity contribution in [2.75, 3.05) is 5.32 Å². The Hall–Kier alpha value is -2.95. The quantitative estimate of drug-likeness (QED) is 0.619. The van der Waals surface area contributed by atoms with E-state index in [0.717, 1.165) is 5.56 Å². The van der Waals surface area contributed by atoms with Gasteiger partial charge in [0.15, 0.2) is 0 Å². The van der Waals surface area contributed by atoms with Gasteiger partial charge in [0.2, 0.25) is 5.91 Å². The average molecular weight is 337 g/mol. The molecule has 0 aromatic heterocycles. The number of carbonyl (C=O) groups is 2. The minimum Gasteiger partial charge on any atom is -0.326 e. The molecule has 0 aliphatic heterocycles. The van der Waals surface area contributed by atoms with Gasteiger partial charge in [0.1, 0.15) is 0 Å². The Bertz CT molecular complexity index is 748. The third-order valence-electron chi connectivity index (χ3n) is 3.73. The molecule has 0 aliphatic carbocycles. The van der Waals surface area contributed by atoms with Gasteiger partial charge < -0.3 is 5.32 Å². The minimum atomic E-state index is -0.302. The first-order valence-corrected chi connectivity index (χ1v) is 8.33. The molecule has 0 aliphatic rings. The molecule has 0 saturated heterocycles. The van der Waals surface area contributed by atoms with Crippen molar-refractivity contribution in [2.24, 2.45) is 5.10 Å². The smallest absolute Gasteiger partial charge is 0.271 e. The third kappa shape index (κ3) is 5.57. The number of benzene rings is 2. The lowest BCUT2D eigenvalue weighted by Crippen LogP contribution is -2.17. The summed E-state index contributed by atoms with van der Waals surface area (Å²) in [5.41, 5.74) is 5.82. The van der Waals surface area contributed by atoms with Gasteiger partial charge in [-0.05, 0) is 41.3 Å². The summed E-state index contributed by atoms with van der Waals surface area (Å²) in [6, 6.07) is 14.7. The van der Waals surface area contributed by atoms with E-state index in [0.29, 0.717) is 23.6 Å². The van der Waals surface area contributed by atoms with Crippen molar-refractivity contribution in [1.29, 1.82) is 0 Å². The lowest BCUT2D eigenvalue weighted by molar-refractivity contribution is -0.115. The van der Waals surface area contributed by atoms with Crippen LogP contribution < -0.4 is 10.7 Å². The summed E-state index contributed by atoms with van der Waals surface area (Å²) < 4.78 is 0. The second kappa shape index (κ2) is 8.78. The molecule has 130 valence electrons. The van der Waals surface area contributed by atoms with Crippen molar-refractivity contribution in [3.63, 3.8) is 0 Å². The molecule has 5 nitrogen and oxygen atoms in total. The molecule has 0 saturated carbocycles. The number of nitrogens with one attached hydrogen (secondary N) is 2. The predicted molar refractivity (Wildman–Crippen MR) is 101 cm³/mol. The zero-order valence-corrected chi connectivity index (χ0v) is 14.7. The van der Waals surface area contributed by atoms with Gasteiger partial charge in [-0.1, -0.05) is 45.0 Å². The maximum Gasteiger partial charge on any atom is 0.271 e. The summed E-state index contributed by atoms with van der Waals surface area (Å²) in [5.74, 6) is 0.115. The maximum absolute atomic E-state index is 12.1. The van der Waals surface area contributed by atoms with Gasteiger partial charge in [-0.3, -0.25) is 9.59 Å². The standard InChI is InChI=1S/C20H23N3O2/c1-4-19(24)22-18-11-9-17(10-12-18)20(25)23-21-13-15-5-7-16(8-6-15)14(2)3/h5-14H,4H2,1-3H3,(H,22,24)(H,23,25)/b21-13+. The van der Waals surface area contributed by atoms with Crippen LogP contribution in [0.25, 0.3) is 0 Å². The number of hydrogen-bond acceptors (Lipinski definition) is 3. The number of anilines is 1. The Labute approximate surface area is 148 Å². The van der Waals surface area contributed by atoms with Crippen LogP contribution in [0.3, 0.4) is 0 Å². The molecular weight excluding hydrogens is 314 g/mol. The number of amides is 2. The second-order valence-electron chi connectivity index (χ2n) is 6.00. The van der Waals surface area contributed by atoms with E-state index in [1.54, 1.807) is 37.4 Å². The van der Waals surface area contributed by atoms with Crippen molar-refractivity contribution >= 4 is 23.7 Å². The van der Waals surface area contributed by atoms with Crippen LogP contribution in [0.15, 0.2) is 53.6 Å². The first kappa shape index (κ1) is 18.4. The molecule has 5 heteroatoms. The van der Waals surface area contributed by atoms with E-state index in [-0.39, 0.29) is 11.8 Å². The van der Waals surface area contributed by atoms with Crippen LogP contribution in [0.2, 0.25) is 0 Å². The Kier molecular flexibility index (Phi) is 6.46. The molecule has 0 unspecified atom stereocenters. The summed E-state index contributed by atoms with van der Waals surface area (Å²) in [5, 5.41) is 6.72. The molecule has 0 radical (unpaired) electrons. The fourth-order valence-corrected chi connectivity index (χ4v) is 2.15. The third-order valence-corrected chi connectivity index (χ3v) is 3.73. The molecule has 25 heavy (non-hydrogen) atoms. The van der Waals surface area contributed by atoms with Crippen LogP contribution in [0.1, 0.15) is 54.6 Å². The van der Waals surface area contributed by atoms with Gasteiger partial charge in [-0.2, -0.15) is 5.10 Å². The van der Waals surface area contributed by atoms with Crippen LogP contribution >= 0.6 is 0 Å². The van der Waals surface area contributed by atoms with Crippen LogP contribution in [0, 0.1) is 0 Å². The van der Waals surface area contributed by atoms with Crippen molar-refractivity contribution in [3.05, 3.63) is 65.2 Å². The van der Waals surface area contributed by atoms with E-state index in [1.165, 1.54) is 5.56 Å². The van der Waals surface area contributed by atoms with Crippen LogP contribution in [0.5, 0.6) is 0 Å². The monoisotopic (exact) mass is 337 g/mol. The Morgan fingerprint density at radius 1 is 1.04 bits per heavy atom. The largest absolute Gasteiger partial charge is 0.326 e. The van der Waals surface area contributed by atoms with E-state index in [2.05, 4.69) is 41.8 Å². The molecule has 2 aromatic carbocycles. The number of carbonyl (C=O) groups excluding carboxylic acids is 2. The van der Waals surface area contributed by atoms with Gasteiger partial charge in [0.25, 0.3) is 5.91 Å². The van der Waals surface area contributed by atoms with Gasteiger partial charge in [0, 0.05) is 17.7 Å². The highest BCUT2D eigenvalue weighted by atomic mass is 16.2. The summed E-state index contributed by atoms with van der Waals surface area (Å²) in [6.07, 6.45) is 2.02. The zero-order valence-electron chi connectivity index (χ0n) is 14.7. The van der Waals surface area contributed by atoms with Gasteiger partial charge in [-0.15, -0.1) is 0 Å². The molecule has 0 atom stereocenters. The topological polar surface area (TPSA) is 70.6 Å². The molecule has 0 fully saturated rings. The molecule has 2 N–H and O–H groups in total. The van der Waals surface area contributed by atoms with Gasteiger partial charge in [-0.25, -0.2) is 5.43 Å². The number of rotatable bonds is 6. The molecule has 0 spiro atoms. The lowest BCUT2D eigenvalue weighted by Gasteiger charge is -2.05. The molecule has 2 amide bonds. The highest BCUT2D eigenvalue weighted by Crippen LogP contribution is 2.14. The summed E-state index contributed by atoms with van der Waals surface area (Å²) >= 11 is 0. The van der Waals surface area contributed by atoms with Crippen LogP contribution in [-0.2, 0) is 4.79 Å². The van der Waals surface area contributed by atoms with Crippen molar-refractivity contribution < 1.29 is 9.59 Å². The van der Waals surface area contributed by atoms with E-state index in [1.807, 2.05) is 12.1 Å². The molecule has 0 heterocycles. The van der Waals surface area contributed by atoms with E-state index >= 15 is 0 Å². The summed E-state index contributed by atoms with van der Waals surface area (Å²) in [7, 11) is 0. The van der Waals surface area contributed by atoms with Crippen molar-refractivity contribution in [1.82, 2.24) is 5.43 Å². The van der Waals surface area contributed by atoms with Crippen molar-refractivity contribution in [2.45, 2.75) is 33.1 Å². The number of nitrogens with zero attached hydrogens (tertiary/aromatic N) is 1. The Morgan fingerprint density at radius 2 is 1.68 bits per heavy atom. The maximum atomic E-state index is 12.1.